The van der Waals surface area contributed by atoms with E-state index in [1.807, 2.05) is 0 Å². The highest BCUT2D eigenvalue weighted by Crippen LogP contribution is 2.28. The van der Waals surface area contributed by atoms with E-state index in [-0.39, 0.29) is 5.56 Å². The number of methoxy groups -OCH3 is 1. The molecule has 0 saturated carbocycles. The molecule has 5 nitrogen and oxygen atoms in total. The minimum absolute atomic E-state index is 0.226. The van der Waals surface area contributed by atoms with Gasteiger partial charge >= 0.3 is 11.9 Å². The number of carbonyl (C=O) groups excluding carboxylic acids is 1. The lowest BCUT2D eigenvalue weighted by Gasteiger charge is -2.05. The van der Waals surface area contributed by atoms with Gasteiger partial charge in [0.15, 0.2) is 0 Å². The quantitative estimate of drug-likeness (QED) is 0.674. The number of carboxylic acid groups (broad SMARTS) is 1. The van der Waals surface area contributed by atoms with Crippen molar-refractivity contribution in [1.82, 2.24) is 0 Å². The van der Waals surface area contributed by atoms with Crippen molar-refractivity contribution in [3.8, 4) is 0 Å². The molecular formula is C14H12O5S. The number of carbonyl (C=O) groups is 2. The third-order valence-corrected chi connectivity index (χ3v) is 3.70. The van der Waals surface area contributed by atoms with E-state index in [1.54, 1.807) is 18.2 Å². The van der Waals surface area contributed by atoms with Gasteiger partial charge in [-0.15, -0.1) is 11.8 Å². The molecule has 0 fully saturated rings. The van der Waals surface area contributed by atoms with Gasteiger partial charge in [0, 0.05) is 4.90 Å². The Hall–Kier alpha value is -2.21. The fourth-order valence-electron chi connectivity index (χ4n) is 1.66. The van der Waals surface area contributed by atoms with Gasteiger partial charge in [-0.05, 0) is 18.2 Å². The first-order valence-corrected chi connectivity index (χ1v) is 6.72. The van der Waals surface area contributed by atoms with E-state index in [2.05, 4.69) is 4.74 Å². The molecule has 0 atom stereocenters. The normalized spacial score (nSPS) is 10.2. The fourth-order valence-corrected chi connectivity index (χ4v) is 2.65. The molecule has 1 heterocycles. The lowest BCUT2D eigenvalue weighted by Crippen LogP contribution is -2.02. The Morgan fingerprint density at radius 2 is 2.00 bits per heavy atom. The van der Waals surface area contributed by atoms with Gasteiger partial charge in [-0.1, -0.05) is 12.1 Å². The number of benzene rings is 1. The molecule has 2 aromatic rings. The van der Waals surface area contributed by atoms with Crippen molar-refractivity contribution in [3.05, 3.63) is 53.5 Å². The molecule has 20 heavy (non-hydrogen) atoms. The van der Waals surface area contributed by atoms with Crippen molar-refractivity contribution < 1.29 is 23.8 Å². The van der Waals surface area contributed by atoms with E-state index in [0.717, 1.165) is 0 Å². The van der Waals surface area contributed by atoms with Crippen LogP contribution in [0.4, 0.5) is 0 Å². The monoisotopic (exact) mass is 292 g/mol. The van der Waals surface area contributed by atoms with Crippen LogP contribution in [0.15, 0.2) is 45.9 Å². The summed E-state index contributed by atoms with van der Waals surface area (Å²) in [7, 11) is 1.30. The van der Waals surface area contributed by atoms with Crippen LogP contribution in [-0.2, 0) is 10.5 Å². The highest BCUT2D eigenvalue weighted by atomic mass is 32.2. The molecule has 2 rings (SSSR count). The maximum absolute atomic E-state index is 11.5. The van der Waals surface area contributed by atoms with Crippen LogP contribution in [0.25, 0.3) is 0 Å². The van der Waals surface area contributed by atoms with Crippen LogP contribution < -0.4 is 0 Å². The molecular weight excluding hydrogens is 280 g/mol. The zero-order valence-electron chi connectivity index (χ0n) is 10.7. The summed E-state index contributed by atoms with van der Waals surface area (Å²) in [5.74, 6) is -0.648. The van der Waals surface area contributed by atoms with E-state index < -0.39 is 11.9 Å². The van der Waals surface area contributed by atoms with Crippen LogP contribution in [0.3, 0.4) is 0 Å². The summed E-state index contributed by atoms with van der Waals surface area (Å²) in [5.41, 5.74) is 0.580. The molecule has 6 heteroatoms. The summed E-state index contributed by atoms with van der Waals surface area (Å²) >= 11 is 1.29. The summed E-state index contributed by atoms with van der Waals surface area (Å²) < 4.78 is 9.89. The minimum Gasteiger partial charge on any atom is -0.478 e. The largest absolute Gasteiger partial charge is 0.478 e. The summed E-state index contributed by atoms with van der Waals surface area (Å²) in [4.78, 5) is 23.2. The summed E-state index contributed by atoms with van der Waals surface area (Å²) in [6.07, 6.45) is 1.41. The van der Waals surface area contributed by atoms with Crippen LogP contribution in [0.5, 0.6) is 0 Å². The third kappa shape index (κ3) is 3.03. The number of ether oxygens (including phenoxy) is 1. The van der Waals surface area contributed by atoms with Gasteiger partial charge in [0.1, 0.15) is 11.3 Å². The van der Waals surface area contributed by atoms with E-state index in [9.17, 15) is 9.59 Å². The van der Waals surface area contributed by atoms with Crippen LogP contribution in [0, 0.1) is 0 Å². The molecule has 0 spiro atoms. The van der Waals surface area contributed by atoms with Crippen LogP contribution in [-0.4, -0.2) is 24.2 Å². The number of aromatic carboxylic acids is 1. The molecule has 0 unspecified atom stereocenters. The molecule has 0 aliphatic rings. The number of rotatable bonds is 5. The first-order valence-electron chi connectivity index (χ1n) is 5.73. The van der Waals surface area contributed by atoms with E-state index in [0.29, 0.717) is 22.0 Å². The second-order valence-electron chi connectivity index (χ2n) is 3.84. The third-order valence-electron chi connectivity index (χ3n) is 2.63. The number of furan rings is 1. The summed E-state index contributed by atoms with van der Waals surface area (Å²) in [6, 6.07) is 8.21. The predicted molar refractivity (Wildman–Crippen MR) is 73.0 cm³/mol. The van der Waals surface area contributed by atoms with Crippen molar-refractivity contribution in [1.29, 1.82) is 0 Å². The highest BCUT2D eigenvalue weighted by Gasteiger charge is 2.16. The maximum Gasteiger partial charge on any atom is 0.341 e. The zero-order chi connectivity index (χ0) is 14.5. The topological polar surface area (TPSA) is 76.7 Å². The molecule has 0 bridgehead atoms. The Morgan fingerprint density at radius 3 is 2.70 bits per heavy atom. The van der Waals surface area contributed by atoms with Gasteiger partial charge in [0.05, 0.1) is 24.7 Å². The molecule has 0 radical (unpaired) electrons. The zero-order valence-corrected chi connectivity index (χ0v) is 11.5. The van der Waals surface area contributed by atoms with Crippen LogP contribution in [0.1, 0.15) is 26.5 Å². The molecule has 1 N–H and O–H groups in total. The van der Waals surface area contributed by atoms with Gasteiger partial charge in [0.25, 0.3) is 0 Å². The Labute approximate surface area is 119 Å². The van der Waals surface area contributed by atoms with E-state index >= 15 is 0 Å². The number of hydrogen-bond acceptors (Lipinski definition) is 5. The molecule has 1 aromatic heterocycles. The van der Waals surface area contributed by atoms with Gasteiger partial charge < -0.3 is 14.3 Å². The molecule has 0 aliphatic carbocycles. The predicted octanol–water partition coefficient (Wildman–Crippen LogP) is 3.06. The first kappa shape index (κ1) is 14.2. The van der Waals surface area contributed by atoms with Crippen molar-refractivity contribution in [3.63, 3.8) is 0 Å². The maximum atomic E-state index is 11.5. The number of thioether (sulfide) groups is 1. The van der Waals surface area contributed by atoms with Crippen LogP contribution in [0.2, 0.25) is 0 Å². The highest BCUT2D eigenvalue weighted by molar-refractivity contribution is 7.98. The average molecular weight is 292 g/mol. The lowest BCUT2D eigenvalue weighted by atomic mass is 10.2. The number of esters is 1. The summed E-state index contributed by atoms with van der Waals surface area (Å²) in [6.45, 7) is 0. The summed E-state index contributed by atoms with van der Waals surface area (Å²) in [5, 5.41) is 9.09. The second kappa shape index (κ2) is 6.29. The average Bonchev–Trinajstić information content (AvgIpc) is 2.92. The lowest BCUT2D eigenvalue weighted by molar-refractivity contribution is 0.0597. The smallest absolute Gasteiger partial charge is 0.341 e. The SMILES string of the molecule is COC(=O)c1ccoc1CSc1ccccc1C(=O)O. The van der Waals surface area contributed by atoms with Crippen molar-refractivity contribution in [2.75, 3.05) is 7.11 Å². The number of hydrogen-bond donors (Lipinski definition) is 1. The molecule has 1 aromatic carbocycles. The fraction of sp³-hybridized carbons (Fsp3) is 0.143. The van der Waals surface area contributed by atoms with Crippen molar-refractivity contribution in [2.24, 2.45) is 0 Å². The molecule has 0 saturated heterocycles. The number of carboxylic acids is 1. The van der Waals surface area contributed by atoms with Crippen molar-refractivity contribution in [2.45, 2.75) is 10.6 Å². The van der Waals surface area contributed by atoms with Gasteiger partial charge in [-0.2, -0.15) is 0 Å². The first-order chi connectivity index (χ1) is 9.63. The minimum atomic E-state index is -0.985. The Morgan fingerprint density at radius 1 is 1.25 bits per heavy atom. The second-order valence-corrected chi connectivity index (χ2v) is 4.86. The van der Waals surface area contributed by atoms with Crippen molar-refractivity contribution >= 4 is 23.7 Å². The standard InChI is InChI=1S/C14H12O5S/c1-18-14(17)9-6-7-19-11(9)8-20-12-5-3-2-4-10(12)13(15)16/h2-7H,8H2,1H3,(H,15,16). The molecule has 0 aliphatic heterocycles. The van der Waals surface area contributed by atoms with E-state index in [1.165, 1.54) is 37.3 Å². The Balaban J connectivity index is 2.16. The Bertz CT molecular complexity index is 632. The molecule has 0 amide bonds. The van der Waals surface area contributed by atoms with Crippen LogP contribution >= 0.6 is 11.8 Å². The van der Waals surface area contributed by atoms with Gasteiger partial charge in [-0.25, -0.2) is 9.59 Å². The molecule has 104 valence electrons. The van der Waals surface area contributed by atoms with Gasteiger partial charge in [0.2, 0.25) is 0 Å². The van der Waals surface area contributed by atoms with E-state index in [4.69, 9.17) is 9.52 Å². The Kier molecular flexibility index (Phi) is 4.47. The van der Waals surface area contributed by atoms with Gasteiger partial charge in [-0.3, -0.25) is 0 Å².